The van der Waals surface area contributed by atoms with Crippen molar-refractivity contribution in [3.05, 3.63) is 88.9 Å². The number of aromatic nitrogens is 2. The molecule has 1 aromatic heterocycles. The predicted octanol–water partition coefficient (Wildman–Crippen LogP) is 6.19. The fourth-order valence-electron chi connectivity index (χ4n) is 3.52. The first-order valence-electron chi connectivity index (χ1n) is 10.9. The lowest BCUT2D eigenvalue weighted by atomic mass is 10.1. The van der Waals surface area contributed by atoms with Crippen molar-refractivity contribution in [3.63, 3.8) is 0 Å². The Hall–Kier alpha value is -4.06. The number of nitrogens with zero attached hydrogens (tertiary/aromatic N) is 2. The summed E-state index contributed by atoms with van der Waals surface area (Å²) in [5.41, 5.74) is 1.05. The van der Waals surface area contributed by atoms with Gasteiger partial charge in [-0.3, -0.25) is 4.79 Å². The van der Waals surface area contributed by atoms with Gasteiger partial charge in [0, 0.05) is 0 Å². The van der Waals surface area contributed by atoms with Crippen LogP contribution >= 0.6 is 11.8 Å². The predicted molar refractivity (Wildman–Crippen MR) is 128 cm³/mol. The minimum atomic E-state index is -2.28. The van der Waals surface area contributed by atoms with Crippen molar-refractivity contribution in [1.82, 2.24) is 9.78 Å². The van der Waals surface area contributed by atoms with Gasteiger partial charge in [-0.15, -0.1) is 0 Å². The van der Waals surface area contributed by atoms with Crippen molar-refractivity contribution in [2.45, 2.75) is 23.1 Å². The number of ether oxygens (including phenoxy) is 3. The molecule has 0 saturated carbocycles. The number of rotatable bonds is 8. The van der Waals surface area contributed by atoms with E-state index in [9.17, 15) is 26.7 Å². The van der Waals surface area contributed by atoms with E-state index in [0.29, 0.717) is 22.7 Å². The highest BCUT2D eigenvalue weighted by molar-refractivity contribution is 7.99. The van der Waals surface area contributed by atoms with Gasteiger partial charge in [0.2, 0.25) is 11.7 Å². The number of halogens is 5. The minimum absolute atomic E-state index is 0.113. The molecule has 0 atom stereocenters. The summed E-state index contributed by atoms with van der Waals surface area (Å²) in [5.74, 6) is -10.7. The van der Waals surface area contributed by atoms with Gasteiger partial charge in [0.1, 0.15) is 0 Å². The van der Waals surface area contributed by atoms with Crippen molar-refractivity contribution >= 4 is 17.7 Å². The van der Waals surface area contributed by atoms with E-state index in [1.165, 1.54) is 25.8 Å². The summed E-state index contributed by atoms with van der Waals surface area (Å²) in [4.78, 5) is 11.7. The zero-order chi connectivity index (χ0) is 27.6. The molecule has 1 heterocycles. The van der Waals surface area contributed by atoms with Crippen LogP contribution in [0.1, 0.15) is 11.3 Å². The van der Waals surface area contributed by atoms with Crippen LogP contribution in [0, 0.1) is 36.0 Å². The lowest BCUT2D eigenvalue weighted by Gasteiger charge is -2.12. The summed E-state index contributed by atoms with van der Waals surface area (Å²) >= 11 is 0.212. The summed E-state index contributed by atoms with van der Waals surface area (Å²) in [5, 5.41) is 4.28. The van der Waals surface area contributed by atoms with Crippen LogP contribution in [0.4, 0.5) is 22.0 Å². The van der Waals surface area contributed by atoms with Crippen LogP contribution in [-0.2, 0) is 11.2 Å². The van der Waals surface area contributed by atoms with Gasteiger partial charge in [-0.05, 0) is 36.8 Å². The molecule has 12 heteroatoms. The summed E-state index contributed by atoms with van der Waals surface area (Å²) in [7, 11) is 2.90. The third kappa shape index (κ3) is 5.17. The SMILES string of the molecule is COc1ccc(CC(=O)Oc2c(Sc3c(F)c(F)c(F)c(F)c3F)c(C)nn2-c2ccccc2)cc1OC. The standard InChI is InChI=1S/C26H19F5N2O4S/c1-13-24(38-25-22(30)20(28)19(27)21(29)23(25)31)26(33(32-13)15-7-5-4-6-8-15)37-18(34)12-14-9-10-16(35-2)17(11-14)36-3/h4-11H,12H2,1-3H3. The number of para-hydroxylation sites is 1. The van der Waals surface area contributed by atoms with Gasteiger partial charge < -0.3 is 14.2 Å². The van der Waals surface area contributed by atoms with E-state index >= 15 is 0 Å². The van der Waals surface area contributed by atoms with Gasteiger partial charge in [-0.1, -0.05) is 36.0 Å². The molecule has 0 radical (unpaired) electrons. The maximum Gasteiger partial charge on any atom is 0.317 e. The Morgan fingerprint density at radius 2 is 1.45 bits per heavy atom. The molecule has 4 aromatic rings. The second-order valence-corrected chi connectivity index (χ2v) is 8.83. The first-order chi connectivity index (χ1) is 18.2. The molecule has 0 bridgehead atoms. The average Bonchev–Trinajstić information content (AvgIpc) is 3.23. The van der Waals surface area contributed by atoms with E-state index in [0.717, 1.165) is 0 Å². The first-order valence-corrected chi connectivity index (χ1v) is 11.7. The van der Waals surface area contributed by atoms with Crippen LogP contribution < -0.4 is 14.2 Å². The number of hydrogen-bond acceptors (Lipinski definition) is 6. The Labute approximate surface area is 217 Å². The highest BCUT2D eigenvalue weighted by atomic mass is 32.2. The molecule has 3 aromatic carbocycles. The maximum absolute atomic E-state index is 14.5. The highest BCUT2D eigenvalue weighted by Crippen LogP contribution is 2.42. The number of carbonyl (C=O) groups is 1. The summed E-state index contributed by atoms with van der Waals surface area (Å²) in [6.45, 7) is 1.44. The molecule has 0 aliphatic carbocycles. The van der Waals surface area contributed by atoms with Gasteiger partial charge in [0.15, 0.2) is 34.8 Å². The minimum Gasteiger partial charge on any atom is -0.493 e. The Balaban J connectivity index is 1.75. The van der Waals surface area contributed by atoms with Gasteiger partial charge in [0.25, 0.3) is 0 Å². The van der Waals surface area contributed by atoms with Crippen LogP contribution in [0.15, 0.2) is 58.3 Å². The molecule has 0 aliphatic rings. The van der Waals surface area contributed by atoms with Crippen LogP contribution in [0.2, 0.25) is 0 Å². The molecule has 0 spiro atoms. The highest BCUT2D eigenvalue weighted by Gasteiger charge is 2.30. The molecule has 4 rings (SSSR count). The molecular formula is C26H19F5N2O4S. The molecule has 0 saturated heterocycles. The van der Waals surface area contributed by atoms with Crippen LogP contribution in [-0.4, -0.2) is 30.0 Å². The van der Waals surface area contributed by atoms with Crippen LogP contribution in [0.3, 0.4) is 0 Å². The average molecular weight is 551 g/mol. The fraction of sp³-hybridized carbons (Fsp3) is 0.154. The molecule has 6 nitrogen and oxygen atoms in total. The second-order valence-electron chi connectivity index (χ2n) is 7.81. The van der Waals surface area contributed by atoms with E-state index in [4.69, 9.17) is 14.2 Å². The van der Waals surface area contributed by atoms with Crippen LogP contribution in [0.5, 0.6) is 17.4 Å². The third-order valence-electron chi connectivity index (χ3n) is 5.35. The van der Waals surface area contributed by atoms with Gasteiger partial charge in [0.05, 0.1) is 41.8 Å². The van der Waals surface area contributed by atoms with E-state index in [1.807, 2.05) is 0 Å². The summed E-state index contributed by atoms with van der Waals surface area (Å²) < 4.78 is 87.4. The fourth-order valence-corrected chi connectivity index (χ4v) is 4.49. The molecule has 0 amide bonds. The number of aryl methyl sites for hydroxylation is 1. The maximum atomic E-state index is 14.5. The molecule has 0 aliphatic heterocycles. The van der Waals surface area contributed by atoms with Crippen molar-refractivity contribution in [1.29, 1.82) is 0 Å². The first kappa shape index (κ1) is 27.0. The zero-order valence-corrected chi connectivity index (χ0v) is 21.0. The van der Waals surface area contributed by atoms with Gasteiger partial charge in [-0.25, -0.2) is 22.0 Å². The number of hydrogen-bond donors (Lipinski definition) is 0. The quantitative estimate of drug-likeness (QED) is 0.113. The number of carbonyl (C=O) groups excluding carboxylic acids is 1. The number of esters is 1. The largest absolute Gasteiger partial charge is 0.493 e. The van der Waals surface area contributed by atoms with E-state index < -0.39 is 40.0 Å². The molecule has 198 valence electrons. The Morgan fingerprint density at radius 1 is 0.842 bits per heavy atom. The molecule has 38 heavy (non-hydrogen) atoms. The topological polar surface area (TPSA) is 62.6 Å². The van der Waals surface area contributed by atoms with Crippen molar-refractivity contribution in [3.8, 4) is 23.1 Å². The third-order valence-corrected chi connectivity index (χ3v) is 6.58. The lowest BCUT2D eigenvalue weighted by Crippen LogP contribution is -2.14. The zero-order valence-electron chi connectivity index (χ0n) is 20.2. The monoisotopic (exact) mass is 550 g/mol. The smallest absolute Gasteiger partial charge is 0.317 e. The molecule has 0 N–H and O–H groups in total. The second kappa shape index (κ2) is 11.1. The number of benzene rings is 3. The number of methoxy groups -OCH3 is 2. The molecular weight excluding hydrogens is 531 g/mol. The van der Waals surface area contributed by atoms with E-state index in [1.54, 1.807) is 48.5 Å². The normalized spacial score (nSPS) is 10.9. The summed E-state index contributed by atoms with van der Waals surface area (Å²) in [6, 6.07) is 13.1. The Morgan fingerprint density at radius 3 is 2.05 bits per heavy atom. The Kier molecular flexibility index (Phi) is 7.91. The summed E-state index contributed by atoms with van der Waals surface area (Å²) in [6.07, 6.45) is -0.244. The van der Waals surface area contributed by atoms with Crippen molar-refractivity contribution in [2.75, 3.05) is 14.2 Å². The molecule has 0 fully saturated rings. The van der Waals surface area contributed by atoms with Gasteiger partial charge >= 0.3 is 5.97 Å². The molecule has 0 unspecified atom stereocenters. The van der Waals surface area contributed by atoms with Gasteiger partial charge in [-0.2, -0.15) is 9.78 Å². The van der Waals surface area contributed by atoms with E-state index in [2.05, 4.69) is 5.10 Å². The lowest BCUT2D eigenvalue weighted by molar-refractivity contribution is -0.134. The van der Waals surface area contributed by atoms with E-state index in [-0.39, 0.29) is 34.7 Å². The van der Waals surface area contributed by atoms with Crippen molar-refractivity contribution < 1.29 is 41.0 Å². The van der Waals surface area contributed by atoms with Crippen LogP contribution in [0.25, 0.3) is 5.69 Å². The Bertz CT molecular complexity index is 1480. The van der Waals surface area contributed by atoms with Crippen molar-refractivity contribution in [2.24, 2.45) is 0 Å².